The standard InChI is InChI=1S/C26H22N6O2S/c27-35(33,34)32-22-13-20(15-28-16-22)24-14-19-9-6-11-23(18-7-2-1-3-8-18)25(19)26(31-24)30-17-21-10-4-5-12-29-21/h1-16,32H,17H2,(H,30,31)(H2,27,33,34). The van der Waals surface area contributed by atoms with Crippen molar-refractivity contribution in [3.8, 4) is 22.4 Å². The number of pyridine rings is 3. The van der Waals surface area contributed by atoms with Gasteiger partial charge < -0.3 is 5.32 Å². The summed E-state index contributed by atoms with van der Waals surface area (Å²) in [5.74, 6) is 0.687. The number of hydrogen-bond acceptors (Lipinski definition) is 6. The van der Waals surface area contributed by atoms with Crippen LogP contribution in [-0.4, -0.2) is 23.4 Å². The third-order valence-electron chi connectivity index (χ3n) is 5.40. The van der Waals surface area contributed by atoms with E-state index in [2.05, 4.69) is 38.2 Å². The first kappa shape index (κ1) is 22.5. The Morgan fingerprint density at radius 3 is 2.46 bits per heavy atom. The molecule has 174 valence electrons. The lowest BCUT2D eigenvalue weighted by atomic mass is 9.97. The molecule has 5 rings (SSSR count). The van der Waals surface area contributed by atoms with Crippen molar-refractivity contribution in [1.82, 2.24) is 15.0 Å². The molecule has 0 aliphatic carbocycles. The highest BCUT2D eigenvalue weighted by Crippen LogP contribution is 2.36. The number of fused-ring (bicyclic) bond motifs is 1. The molecule has 35 heavy (non-hydrogen) atoms. The van der Waals surface area contributed by atoms with Crippen LogP contribution >= 0.6 is 0 Å². The smallest absolute Gasteiger partial charge is 0.296 e. The lowest BCUT2D eigenvalue weighted by molar-refractivity contribution is 0.603. The number of nitrogens with zero attached hydrogens (tertiary/aromatic N) is 3. The van der Waals surface area contributed by atoms with Crippen LogP contribution < -0.4 is 15.2 Å². The third kappa shape index (κ3) is 5.26. The summed E-state index contributed by atoms with van der Waals surface area (Å²) < 4.78 is 25.2. The highest BCUT2D eigenvalue weighted by atomic mass is 32.2. The monoisotopic (exact) mass is 482 g/mol. The molecule has 0 amide bonds. The molecule has 0 aliphatic rings. The van der Waals surface area contributed by atoms with Crippen molar-refractivity contribution >= 4 is 32.5 Å². The van der Waals surface area contributed by atoms with E-state index in [1.165, 1.54) is 6.20 Å². The Kier molecular flexibility index (Phi) is 6.09. The molecule has 3 heterocycles. The van der Waals surface area contributed by atoms with E-state index in [9.17, 15) is 8.42 Å². The second-order valence-corrected chi connectivity index (χ2v) is 9.20. The van der Waals surface area contributed by atoms with Gasteiger partial charge in [-0.05, 0) is 40.8 Å². The van der Waals surface area contributed by atoms with Crippen molar-refractivity contribution in [3.05, 3.63) is 103 Å². The van der Waals surface area contributed by atoms with Crippen molar-refractivity contribution in [1.29, 1.82) is 0 Å². The second-order valence-electron chi connectivity index (χ2n) is 7.91. The van der Waals surface area contributed by atoms with E-state index in [-0.39, 0.29) is 5.69 Å². The summed E-state index contributed by atoms with van der Waals surface area (Å²) in [6.45, 7) is 0.487. The molecule has 0 saturated carbocycles. The fourth-order valence-electron chi connectivity index (χ4n) is 3.92. The summed E-state index contributed by atoms with van der Waals surface area (Å²) in [6.07, 6.45) is 4.78. The van der Waals surface area contributed by atoms with Crippen LogP contribution in [0, 0.1) is 0 Å². The van der Waals surface area contributed by atoms with Crippen LogP contribution in [0.3, 0.4) is 0 Å². The van der Waals surface area contributed by atoms with Crippen LogP contribution in [0.15, 0.2) is 97.5 Å². The van der Waals surface area contributed by atoms with Crippen LogP contribution in [0.2, 0.25) is 0 Å². The molecular formula is C26H22N6O2S. The SMILES string of the molecule is NS(=O)(=O)Nc1cncc(-c2cc3cccc(-c4ccccc4)c3c(NCc3ccccn3)n2)c1. The number of hydrogen-bond donors (Lipinski definition) is 3. The number of rotatable bonds is 7. The van der Waals surface area contributed by atoms with Crippen LogP contribution in [0.5, 0.6) is 0 Å². The van der Waals surface area contributed by atoms with Crippen LogP contribution in [0.4, 0.5) is 11.5 Å². The summed E-state index contributed by atoms with van der Waals surface area (Å²) >= 11 is 0. The van der Waals surface area contributed by atoms with Gasteiger partial charge in [-0.25, -0.2) is 10.1 Å². The van der Waals surface area contributed by atoms with Gasteiger partial charge in [0.2, 0.25) is 0 Å². The van der Waals surface area contributed by atoms with Crippen molar-refractivity contribution in [2.45, 2.75) is 6.54 Å². The molecule has 0 unspecified atom stereocenters. The molecule has 3 aromatic heterocycles. The van der Waals surface area contributed by atoms with E-state index in [0.29, 0.717) is 23.6 Å². The lowest BCUT2D eigenvalue weighted by Crippen LogP contribution is -2.21. The Morgan fingerprint density at radius 2 is 1.69 bits per heavy atom. The van der Waals surface area contributed by atoms with Gasteiger partial charge in [0.25, 0.3) is 10.2 Å². The molecule has 8 nitrogen and oxygen atoms in total. The largest absolute Gasteiger partial charge is 0.364 e. The molecule has 2 aromatic carbocycles. The van der Waals surface area contributed by atoms with E-state index in [4.69, 9.17) is 10.1 Å². The van der Waals surface area contributed by atoms with Crippen molar-refractivity contribution < 1.29 is 8.42 Å². The van der Waals surface area contributed by atoms with Gasteiger partial charge in [0, 0.05) is 23.3 Å². The predicted octanol–water partition coefficient (Wildman–Crippen LogP) is 4.59. The minimum absolute atomic E-state index is 0.257. The number of anilines is 2. The maximum absolute atomic E-state index is 11.5. The highest BCUT2D eigenvalue weighted by Gasteiger charge is 2.14. The number of nitrogens with one attached hydrogen (secondary N) is 2. The normalized spacial score (nSPS) is 11.3. The summed E-state index contributed by atoms with van der Waals surface area (Å²) in [7, 11) is -3.92. The molecule has 9 heteroatoms. The second kappa shape index (κ2) is 9.49. The number of aromatic nitrogens is 3. The van der Waals surface area contributed by atoms with Gasteiger partial charge in [-0.1, -0.05) is 54.6 Å². The summed E-state index contributed by atoms with van der Waals surface area (Å²) in [5, 5.41) is 10.5. The molecule has 5 aromatic rings. The van der Waals surface area contributed by atoms with Crippen molar-refractivity contribution in [2.75, 3.05) is 10.0 Å². The van der Waals surface area contributed by atoms with Gasteiger partial charge in [0.1, 0.15) is 5.82 Å². The van der Waals surface area contributed by atoms with Gasteiger partial charge in [0.15, 0.2) is 0 Å². The average molecular weight is 483 g/mol. The predicted molar refractivity (Wildman–Crippen MR) is 139 cm³/mol. The van der Waals surface area contributed by atoms with Gasteiger partial charge in [-0.2, -0.15) is 8.42 Å². The molecule has 0 spiro atoms. The van der Waals surface area contributed by atoms with E-state index < -0.39 is 10.2 Å². The summed E-state index contributed by atoms with van der Waals surface area (Å²) in [6, 6.07) is 25.6. The fourth-order valence-corrected chi connectivity index (χ4v) is 4.36. The average Bonchev–Trinajstić information content (AvgIpc) is 2.87. The molecule has 0 radical (unpaired) electrons. The quantitative estimate of drug-likeness (QED) is 0.312. The first-order chi connectivity index (χ1) is 17.0. The van der Waals surface area contributed by atoms with Crippen LogP contribution in [0.25, 0.3) is 33.2 Å². The zero-order chi connectivity index (χ0) is 24.3. The number of benzene rings is 2. The van der Waals surface area contributed by atoms with Gasteiger partial charge >= 0.3 is 0 Å². The topological polar surface area (TPSA) is 123 Å². The minimum Gasteiger partial charge on any atom is -0.364 e. The minimum atomic E-state index is -3.92. The Hall–Kier alpha value is -4.34. The Bertz CT molecular complexity index is 1590. The maximum Gasteiger partial charge on any atom is 0.296 e. The first-order valence-corrected chi connectivity index (χ1v) is 12.4. The maximum atomic E-state index is 11.5. The Labute approximate surface area is 203 Å². The summed E-state index contributed by atoms with van der Waals surface area (Å²) in [4.78, 5) is 13.5. The van der Waals surface area contributed by atoms with E-state index >= 15 is 0 Å². The van der Waals surface area contributed by atoms with E-state index in [0.717, 1.165) is 27.6 Å². The third-order valence-corrected chi connectivity index (χ3v) is 5.92. The van der Waals surface area contributed by atoms with Crippen molar-refractivity contribution in [3.63, 3.8) is 0 Å². The Morgan fingerprint density at radius 1 is 0.857 bits per heavy atom. The van der Waals surface area contributed by atoms with Crippen molar-refractivity contribution in [2.24, 2.45) is 5.14 Å². The first-order valence-electron chi connectivity index (χ1n) is 10.9. The zero-order valence-corrected chi connectivity index (χ0v) is 19.4. The molecule has 0 bridgehead atoms. The van der Waals surface area contributed by atoms with Crippen LogP contribution in [-0.2, 0) is 16.8 Å². The van der Waals surface area contributed by atoms with E-state index in [1.807, 2.05) is 54.6 Å². The van der Waals surface area contributed by atoms with E-state index in [1.54, 1.807) is 18.5 Å². The van der Waals surface area contributed by atoms with Gasteiger partial charge in [-0.15, -0.1) is 0 Å². The fraction of sp³-hybridized carbons (Fsp3) is 0.0385. The molecule has 0 saturated heterocycles. The molecular weight excluding hydrogens is 460 g/mol. The number of nitrogens with two attached hydrogens (primary N) is 1. The summed E-state index contributed by atoms with van der Waals surface area (Å²) in [5.41, 5.74) is 4.55. The molecule has 0 aliphatic heterocycles. The zero-order valence-electron chi connectivity index (χ0n) is 18.6. The molecule has 4 N–H and O–H groups in total. The lowest BCUT2D eigenvalue weighted by Gasteiger charge is -2.15. The molecule has 0 fully saturated rings. The highest BCUT2D eigenvalue weighted by molar-refractivity contribution is 7.90. The van der Waals surface area contributed by atoms with Crippen LogP contribution in [0.1, 0.15) is 5.69 Å². The van der Waals surface area contributed by atoms with Gasteiger partial charge in [0.05, 0.1) is 29.8 Å². The van der Waals surface area contributed by atoms with Gasteiger partial charge in [-0.3, -0.25) is 14.7 Å². The Balaban J connectivity index is 1.65. The molecule has 0 atom stereocenters.